The van der Waals surface area contributed by atoms with Crippen molar-refractivity contribution in [3.05, 3.63) is 0 Å². The maximum absolute atomic E-state index is 11.2. The van der Waals surface area contributed by atoms with E-state index in [9.17, 15) is 4.79 Å². The molecule has 0 bridgehead atoms. The molecule has 0 radical (unpaired) electrons. The standard InChI is InChI=1S/C10H21NO3/c1-3-4-8(2)7-14-10(13)9(11)5-6-12/h8-9,12H,3-7,11H2,1-2H3. The molecule has 84 valence electrons. The molecular weight excluding hydrogens is 182 g/mol. The predicted octanol–water partition coefficient (Wildman–Crippen LogP) is 0.676. The minimum atomic E-state index is -0.686. The fourth-order valence-corrected chi connectivity index (χ4v) is 1.16. The summed E-state index contributed by atoms with van der Waals surface area (Å²) in [4.78, 5) is 11.2. The molecule has 0 fully saturated rings. The summed E-state index contributed by atoms with van der Waals surface area (Å²) >= 11 is 0. The van der Waals surface area contributed by atoms with Gasteiger partial charge in [-0.05, 0) is 18.8 Å². The molecule has 0 aliphatic heterocycles. The quantitative estimate of drug-likeness (QED) is 0.597. The van der Waals surface area contributed by atoms with E-state index in [0.29, 0.717) is 12.5 Å². The first-order valence-electron chi connectivity index (χ1n) is 5.14. The highest BCUT2D eigenvalue weighted by atomic mass is 16.5. The molecule has 0 heterocycles. The van der Waals surface area contributed by atoms with Crippen LogP contribution in [0.25, 0.3) is 0 Å². The Morgan fingerprint density at radius 3 is 2.64 bits per heavy atom. The zero-order valence-corrected chi connectivity index (χ0v) is 9.03. The SMILES string of the molecule is CCCC(C)COC(=O)C(N)CCO. The Kier molecular flexibility index (Phi) is 7.42. The Morgan fingerprint density at radius 2 is 2.14 bits per heavy atom. The topological polar surface area (TPSA) is 72.5 Å². The van der Waals surface area contributed by atoms with Crippen LogP contribution in [0.5, 0.6) is 0 Å². The summed E-state index contributed by atoms with van der Waals surface area (Å²) in [5, 5.41) is 8.56. The van der Waals surface area contributed by atoms with Crippen molar-refractivity contribution in [3.63, 3.8) is 0 Å². The van der Waals surface area contributed by atoms with E-state index in [4.69, 9.17) is 15.6 Å². The van der Waals surface area contributed by atoms with Crippen LogP contribution in [0.4, 0.5) is 0 Å². The molecule has 0 amide bonds. The van der Waals surface area contributed by atoms with Gasteiger partial charge in [0.15, 0.2) is 0 Å². The first-order chi connectivity index (χ1) is 6.61. The van der Waals surface area contributed by atoms with Crippen LogP contribution in [-0.2, 0) is 9.53 Å². The molecule has 0 aromatic heterocycles. The van der Waals surface area contributed by atoms with Crippen LogP contribution in [0.2, 0.25) is 0 Å². The van der Waals surface area contributed by atoms with Crippen LogP contribution in [0.1, 0.15) is 33.1 Å². The lowest BCUT2D eigenvalue weighted by atomic mass is 10.1. The van der Waals surface area contributed by atoms with Crippen molar-refractivity contribution in [2.75, 3.05) is 13.2 Å². The Bertz CT molecular complexity index is 161. The molecular formula is C10H21NO3. The lowest BCUT2D eigenvalue weighted by Crippen LogP contribution is -2.34. The van der Waals surface area contributed by atoms with Crippen molar-refractivity contribution in [1.82, 2.24) is 0 Å². The largest absolute Gasteiger partial charge is 0.464 e. The molecule has 0 aromatic rings. The van der Waals surface area contributed by atoms with Crippen molar-refractivity contribution in [2.24, 2.45) is 11.7 Å². The van der Waals surface area contributed by atoms with Gasteiger partial charge >= 0.3 is 5.97 Å². The Labute approximate surface area is 85.4 Å². The number of hydrogen-bond acceptors (Lipinski definition) is 4. The van der Waals surface area contributed by atoms with E-state index in [1.165, 1.54) is 0 Å². The lowest BCUT2D eigenvalue weighted by molar-refractivity contribution is -0.146. The predicted molar refractivity (Wildman–Crippen MR) is 54.7 cm³/mol. The van der Waals surface area contributed by atoms with Gasteiger partial charge in [0, 0.05) is 6.61 Å². The Morgan fingerprint density at radius 1 is 1.50 bits per heavy atom. The van der Waals surface area contributed by atoms with Gasteiger partial charge in [-0.3, -0.25) is 4.79 Å². The van der Waals surface area contributed by atoms with Gasteiger partial charge in [0.25, 0.3) is 0 Å². The van der Waals surface area contributed by atoms with Crippen molar-refractivity contribution in [2.45, 2.75) is 39.2 Å². The molecule has 2 atom stereocenters. The van der Waals surface area contributed by atoms with E-state index in [2.05, 4.69) is 6.92 Å². The second kappa shape index (κ2) is 7.76. The van der Waals surface area contributed by atoms with Crippen LogP contribution in [0.15, 0.2) is 0 Å². The average molecular weight is 203 g/mol. The van der Waals surface area contributed by atoms with Crippen LogP contribution in [0, 0.1) is 5.92 Å². The van der Waals surface area contributed by atoms with Gasteiger partial charge in [0.1, 0.15) is 6.04 Å². The van der Waals surface area contributed by atoms with Crippen molar-refractivity contribution >= 4 is 5.97 Å². The minimum Gasteiger partial charge on any atom is -0.464 e. The molecule has 2 unspecified atom stereocenters. The minimum absolute atomic E-state index is 0.0826. The van der Waals surface area contributed by atoms with E-state index in [0.717, 1.165) is 12.8 Å². The number of esters is 1. The summed E-state index contributed by atoms with van der Waals surface area (Å²) in [6.45, 7) is 4.47. The smallest absolute Gasteiger partial charge is 0.323 e. The first kappa shape index (κ1) is 13.4. The van der Waals surface area contributed by atoms with Gasteiger partial charge in [-0.2, -0.15) is 0 Å². The maximum Gasteiger partial charge on any atom is 0.323 e. The van der Waals surface area contributed by atoms with Gasteiger partial charge in [-0.1, -0.05) is 20.3 Å². The molecule has 0 spiro atoms. The molecule has 14 heavy (non-hydrogen) atoms. The number of carbonyl (C=O) groups is 1. The third kappa shape index (κ3) is 5.94. The summed E-state index contributed by atoms with van der Waals surface area (Å²) in [7, 11) is 0. The fourth-order valence-electron chi connectivity index (χ4n) is 1.16. The summed E-state index contributed by atoms with van der Waals surface area (Å²) < 4.78 is 5.00. The summed E-state index contributed by atoms with van der Waals surface area (Å²) in [5.74, 6) is -0.0349. The number of aliphatic hydroxyl groups excluding tert-OH is 1. The molecule has 0 aromatic carbocycles. The number of aliphatic hydroxyl groups is 1. The van der Waals surface area contributed by atoms with Crippen LogP contribution in [-0.4, -0.2) is 30.3 Å². The van der Waals surface area contributed by atoms with E-state index in [1.54, 1.807) is 0 Å². The van der Waals surface area contributed by atoms with Crippen molar-refractivity contribution < 1.29 is 14.6 Å². The lowest BCUT2D eigenvalue weighted by Gasteiger charge is -2.13. The third-order valence-electron chi connectivity index (χ3n) is 2.03. The van der Waals surface area contributed by atoms with Gasteiger partial charge in [0.2, 0.25) is 0 Å². The molecule has 4 heteroatoms. The molecule has 4 nitrogen and oxygen atoms in total. The highest BCUT2D eigenvalue weighted by molar-refractivity contribution is 5.75. The number of hydrogen-bond donors (Lipinski definition) is 2. The van der Waals surface area contributed by atoms with Crippen molar-refractivity contribution in [1.29, 1.82) is 0 Å². The van der Waals surface area contributed by atoms with Gasteiger partial charge in [0.05, 0.1) is 6.61 Å². The van der Waals surface area contributed by atoms with Crippen molar-refractivity contribution in [3.8, 4) is 0 Å². The Balaban J connectivity index is 3.61. The first-order valence-corrected chi connectivity index (χ1v) is 5.14. The van der Waals surface area contributed by atoms with E-state index in [1.807, 2.05) is 6.92 Å². The van der Waals surface area contributed by atoms with Gasteiger partial charge < -0.3 is 15.6 Å². The number of ether oxygens (including phenoxy) is 1. The second-order valence-corrected chi connectivity index (χ2v) is 3.64. The average Bonchev–Trinajstić information content (AvgIpc) is 2.15. The van der Waals surface area contributed by atoms with Gasteiger partial charge in [-0.25, -0.2) is 0 Å². The van der Waals surface area contributed by atoms with Gasteiger partial charge in [-0.15, -0.1) is 0 Å². The zero-order valence-electron chi connectivity index (χ0n) is 9.03. The number of nitrogens with two attached hydrogens (primary N) is 1. The number of rotatable bonds is 7. The molecule has 0 saturated heterocycles. The highest BCUT2D eigenvalue weighted by Gasteiger charge is 2.15. The van der Waals surface area contributed by atoms with Crippen LogP contribution < -0.4 is 5.73 Å². The van der Waals surface area contributed by atoms with E-state index < -0.39 is 12.0 Å². The fraction of sp³-hybridized carbons (Fsp3) is 0.900. The van der Waals surface area contributed by atoms with Crippen LogP contribution in [0.3, 0.4) is 0 Å². The normalized spacial score (nSPS) is 14.9. The second-order valence-electron chi connectivity index (χ2n) is 3.64. The maximum atomic E-state index is 11.2. The summed E-state index contributed by atoms with van der Waals surface area (Å²) in [6, 6.07) is -0.686. The number of carbonyl (C=O) groups excluding carboxylic acids is 1. The molecule has 0 rings (SSSR count). The molecule has 0 saturated carbocycles. The molecule has 0 aliphatic carbocycles. The zero-order chi connectivity index (χ0) is 11.0. The third-order valence-corrected chi connectivity index (χ3v) is 2.03. The van der Waals surface area contributed by atoms with Crippen LogP contribution >= 0.6 is 0 Å². The summed E-state index contributed by atoms with van der Waals surface area (Å²) in [6.07, 6.45) is 2.39. The van der Waals surface area contributed by atoms with E-state index >= 15 is 0 Å². The molecule has 3 N–H and O–H groups in total. The highest BCUT2D eigenvalue weighted by Crippen LogP contribution is 2.05. The Hall–Kier alpha value is -0.610. The monoisotopic (exact) mass is 203 g/mol. The summed E-state index contributed by atoms with van der Waals surface area (Å²) in [5.41, 5.74) is 5.45. The molecule has 0 aliphatic rings. The van der Waals surface area contributed by atoms with E-state index in [-0.39, 0.29) is 13.0 Å².